The summed E-state index contributed by atoms with van der Waals surface area (Å²) in [6, 6.07) is 5.04. The number of ether oxygens (including phenoxy) is 3. The number of amides is 1. The first kappa shape index (κ1) is 17.6. The molecule has 0 aliphatic heterocycles. The third-order valence-electron chi connectivity index (χ3n) is 2.38. The quantitative estimate of drug-likeness (QED) is 0.640. The highest BCUT2D eigenvalue weighted by atomic mass is 16.6. The molecule has 0 heterocycles. The fourth-order valence-electron chi connectivity index (χ4n) is 1.56. The van der Waals surface area contributed by atoms with Gasteiger partial charge in [-0.3, -0.25) is 4.79 Å². The molecule has 0 saturated carbocycles. The van der Waals surface area contributed by atoms with Crippen LogP contribution in [0, 0.1) is 0 Å². The molecule has 1 aromatic rings. The van der Waals surface area contributed by atoms with Crippen LogP contribution in [0.2, 0.25) is 0 Å². The fourth-order valence-corrected chi connectivity index (χ4v) is 1.56. The average molecular weight is 307 g/mol. The van der Waals surface area contributed by atoms with Gasteiger partial charge in [0.05, 0.1) is 7.11 Å². The number of hydrogen-bond donors (Lipinski definition) is 1. The van der Waals surface area contributed by atoms with Crippen LogP contribution in [-0.4, -0.2) is 31.2 Å². The van der Waals surface area contributed by atoms with Crippen LogP contribution in [0.5, 0.6) is 11.5 Å². The molecule has 0 fully saturated rings. The molecule has 0 bridgehead atoms. The number of nitrogens with two attached hydrogens (primary N) is 1. The van der Waals surface area contributed by atoms with Gasteiger partial charge in [-0.15, -0.1) is 0 Å². The largest absolute Gasteiger partial charge is 0.493 e. The average Bonchev–Trinajstić information content (AvgIpc) is 2.41. The van der Waals surface area contributed by atoms with Gasteiger partial charge in [-0.05, 0) is 44.5 Å². The van der Waals surface area contributed by atoms with Crippen molar-refractivity contribution in [3.63, 3.8) is 0 Å². The summed E-state index contributed by atoms with van der Waals surface area (Å²) in [5.74, 6) is -0.167. The van der Waals surface area contributed by atoms with E-state index in [9.17, 15) is 9.59 Å². The molecule has 0 aliphatic carbocycles. The van der Waals surface area contributed by atoms with E-state index in [1.54, 1.807) is 45.0 Å². The Bertz CT molecular complexity index is 572. The predicted octanol–water partition coefficient (Wildman–Crippen LogP) is 1.91. The van der Waals surface area contributed by atoms with Gasteiger partial charge in [0.15, 0.2) is 18.1 Å². The molecule has 1 rings (SSSR count). The number of benzene rings is 1. The third-order valence-corrected chi connectivity index (χ3v) is 2.38. The highest BCUT2D eigenvalue weighted by molar-refractivity contribution is 5.87. The van der Waals surface area contributed by atoms with E-state index in [1.165, 1.54) is 13.2 Å². The van der Waals surface area contributed by atoms with Crippen LogP contribution in [0.1, 0.15) is 26.3 Å². The minimum Gasteiger partial charge on any atom is -0.493 e. The van der Waals surface area contributed by atoms with E-state index in [2.05, 4.69) is 0 Å². The summed E-state index contributed by atoms with van der Waals surface area (Å²) in [6.45, 7) is 5.16. The molecule has 0 aromatic heterocycles. The second kappa shape index (κ2) is 7.49. The molecule has 6 nitrogen and oxygen atoms in total. The Hall–Kier alpha value is -2.50. The van der Waals surface area contributed by atoms with Crippen LogP contribution in [0.25, 0.3) is 6.08 Å². The first-order valence-electron chi connectivity index (χ1n) is 6.71. The van der Waals surface area contributed by atoms with Gasteiger partial charge in [0.25, 0.3) is 5.91 Å². The van der Waals surface area contributed by atoms with Crippen molar-refractivity contribution in [2.45, 2.75) is 26.4 Å². The minimum absolute atomic E-state index is 0.233. The highest BCUT2D eigenvalue weighted by Gasteiger charge is 2.14. The maximum Gasteiger partial charge on any atom is 0.331 e. The Kier molecular flexibility index (Phi) is 5.98. The van der Waals surface area contributed by atoms with Gasteiger partial charge in [0, 0.05) is 6.08 Å². The van der Waals surface area contributed by atoms with Crippen molar-refractivity contribution in [2.75, 3.05) is 13.7 Å². The van der Waals surface area contributed by atoms with Crippen molar-refractivity contribution in [3.8, 4) is 11.5 Å². The lowest BCUT2D eigenvalue weighted by Gasteiger charge is -2.17. The number of hydrogen-bond acceptors (Lipinski definition) is 5. The van der Waals surface area contributed by atoms with Crippen LogP contribution in [-0.2, 0) is 14.3 Å². The van der Waals surface area contributed by atoms with Crippen LogP contribution < -0.4 is 15.2 Å². The van der Waals surface area contributed by atoms with Crippen LogP contribution in [0.3, 0.4) is 0 Å². The molecule has 0 radical (unpaired) electrons. The summed E-state index contributed by atoms with van der Waals surface area (Å²) in [7, 11) is 1.48. The molecule has 2 N–H and O–H groups in total. The van der Waals surface area contributed by atoms with Crippen molar-refractivity contribution < 1.29 is 23.8 Å². The zero-order valence-corrected chi connectivity index (χ0v) is 13.2. The smallest absolute Gasteiger partial charge is 0.331 e. The monoisotopic (exact) mass is 307 g/mol. The number of esters is 1. The number of rotatable bonds is 6. The molecule has 22 heavy (non-hydrogen) atoms. The summed E-state index contributed by atoms with van der Waals surface area (Å²) in [5, 5.41) is 0. The summed E-state index contributed by atoms with van der Waals surface area (Å²) < 4.78 is 15.6. The Morgan fingerprint density at radius 2 is 1.91 bits per heavy atom. The highest BCUT2D eigenvalue weighted by Crippen LogP contribution is 2.28. The maximum atomic E-state index is 11.6. The van der Waals surface area contributed by atoms with Gasteiger partial charge < -0.3 is 19.9 Å². The van der Waals surface area contributed by atoms with Gasteiger partial charge in [0.1, 0.15) is 5.60 Å². The lowest BCUT2D eigenvalue weighted by Crippen LogP contribution is -2.22. The van der Waals surface area contributed by atoms with Crippen LogP contribution >= 0.6 is 0 Å². The maximum absolute atomic E-state index is 11.6. The van der Waals surface area contributed by atoms with E-state index in [1.807, 2.05) is 0 Å². The summed E-state index contributed by atoms with van der Waals surface area (Å²) in [5.41, 5.74) is 5.22. The van der Waals surface area contributed by atoms with Crippen LogP contribution in [0.15, 0.2) is 24.3 Å². The molecule has 1 amide bonds. The second-order valence-electron chi connectivity index (χ2n) is 5.53. The lowest BCUT2D eigenvalue weighted by molar-refractivity contribution is -0.148. The SMILES string of the molecule is COc1cc(/C=C/C(=O)OC(C)(C)C)ccc1OCC(N)=O. The normalized spacial score (nSPS) is 11.3. The molecular weight excluding hydrogens is 286 g/mol. The van der Waals surface area contributed by atoms with Gasteiger partial charge in [-0.1, -0.05) is 6.07 Å². The molecular formula is C16H21NO5. The van der Waals surface area contributed by atoms with E-state index >= 15 is 0 Å². The second-order valence-corrected chi connectivity index (χ2v) is 5.53. The third kappa shape index (κ3) is 6.30. The van der Waals surface area contributed by atoms with E-state index in [4.69, 9.17) is 19.9 Å². The zero-order chi connectivity index (χ0) is 16.8. The molecule has 0 saturated heterocycles. The Morgan fingerprint density at radius 3 is 2.45 bits per heavy atom. The molecule has 6 heteroatoms. The van der Waals surface area contributed by atoms with Crippen molar-refractivity contribution in [3.05, 3.63) is 29.8 Å². The lowest BCUT2D eigenvalue weighted by atomic mass is 10.2. The number of carbonyl (C=O) groups is 2. The molecule has 0 atom stereocenters. The number of carbonyl (C=O) groups excluding carboxylic acids is 2. The van der Waals surface area contributed by atoms with Crippen molar-refractivity contribution in [2.24, 2.45) is 5.73 Å². The Morgan fingerprint density at radius 1 is 1.23 bits per heavy atom. The zero-order valence-electron chi connectivity index (χ0n) is 13.2. The van der Waals surface area contributed by atoms with Gasteiger partial charge >= 0.3 is 5.97 Å². The van der Waals surface area contributed by atoms with E-state index in [0.717, 1.165) is 5.56 Å². The first-order chi connectivity index (χ1) is 10.2. The van der Waals surface area contributed by atoms with Crippen LogP contribution in [0.4, 0.5) is 0 Å². The van der Waals surface area contributed by atoms with Gasteiger partial charge in [0.2, 0.25) is 0 Å². The van der Waals surface area contributed by atoms with E-state index < -0.39 is 17.5 Å². The first-order valence-corrected chi connectivity index (χ1v) is 6.71. The minimum atomic E-state index is -0.573. The molecule has 0 spiro atoms. The summed E-state index contributed by atoms with van der Waals surface area (Å²) >= 11 is 0. The molecule has 0 aliphatic rings. The van der Waals surface area contributed by atoms with Gasteiger partial charge in [-0.2, -0.15) is 0 Å². The number of methoxy groups -OCH3 is 1. The Labute approximate surface area is 129 Å². The van der Waals surface area contributed by atoms with Crippen molar-refractivity contribution in [1.82, 2.24) is 0 Å². The van der Waals surface area contributed by atoms with Crippen molar-refractivity contribution in [1.29, 1.82) is 0 Å². The number of primary amides is 1. The van der Waals surface area contributed by atoms with E-state index in [-0.39, 0.29) is 6.61 Å². The summed E-state index contributed by atoms with van der Waals surface area (Å²) in [4.78, 5) is 22.3. The molecule has 1 aromatic carbocycles. The van der Waals surface area contributed by atoms with E-state index in [0.29, 0.717) is 11.5 Å². The van der Waals surface area contributed by atoms with Crippen molar-refractivity contribution >= 4 is 18.0 Å². The fraction of sp³-hybridized carbons (Fsp3) is 0.375. The van der Waals surface area contributed by atoms with Gasteiger partial charge in [-0.25, -0.2) is 4.79 Å². The standard InChI is InChI=1S/C16H21NO5/c1-16(2,3)22-15(19)8-6-11-5-7-12(13(9-11)20-4)21-10-14(17)18/h5-9H,10H2,1-4H3,(H2,17,18)/b8-6+. The molecule has 0 unspecified atom stereocenters. The topological polar surface area (TPSA) is 87.8 Å². The predicted molar refractivity (Wildman–Crippen MR) is 82.6 cm³/mol. The molecule has 120 valence electrons. The Balaban J connectivity index is 2.80. The summed E-state index contributed by atoms with van der Waals surface area (Å²) in [6.07, 6.45) is 2.94.